The third-order valence-electron chi connectivity index (χ3n) is 0.594. The largest absolute Gasteiger partial charge is 0.319 e. The van der Waals surface area contributed by atoms with Gasteiger partial charge in [-0.05, 0) is 12.2 Å². The lowest BCUT2D eigenvalue weighted by atomic mass is 11.6. The summed E-state index contributed by atoms with van der Waals surface area (Å²) in [5.41, 5.74) is 0. The number of rotatable bonds is 3. The molecule has 0 radical (unpaired) electrons. The average molecular weight is 200 g/mol. The third-order valence-corrected chi connectivity index (χ3v) is 2.01. The summed E-state index contributed by atoms with van der Waals surface area (Å²) >= 11 is 4.17. The van der Waals surface area contributed by atoms with Gasteiger partial charge < -0.3 is 4.18 Å². The van der Waals surface area contributed by atoms with E-state index in [0.717, 1.165) is 6.08 Å². The van der Waals surface area contributed by atoms with Gasteiger partial charge in [0.25, 0.3) is 6.08 Å². The van der Waals surface area contributed by atoms with Crippen molar-refractivity contribution in [1.82, 2.24) is 0 Å². The number of hydrogen-bond acceptors (Lipinski definition) is 7. The summed E-state index contributed by atoms with van der Waals surface area (Å²) in [6, 6.07) is 0. The van der Waals surface area contributed by atoms with Crippen LogP contribution in [0.2, 0.25) is 0 Å². The fourth-order valence-corrected chi connectivity index (χ4v) is 1.11. The van der Waals surface area contributed by atoms with E-state index in [1.807, 2.05) is 0 Å². The Labute approximate surface area is 74.6 Å². The van der Waals surface area contributed by atoms with Crippen molar-refractivity contribution >= 4 is 34.1 Å². The van der Waals surface area contributed by atoms with Crippen molar-refractivity contribution in [1.29, 1.82) is 10.5 Å². The normalized spacial score (nSPS) is 14.5. The van der Waals surface area contributed by atoms with Crippen LogP contribution in [0, 0.1) is 22.2 Å². The van der Waals surface area contributed by atoms with Crippen LogP contribution < -0.4 is 0 Å². The molecular formula is C4N4O2S2. The summed E-state index contributed by atoms with van der Waals surface area (Å²) in [6.07, 6.45) is 2.25. The van der Waals surface area contributed by atoms with Crippen LogP contribution in [0.5, 0.6) is 0 Å². The Morgan fingerprint density at radius 3 is 2.42 bits per heavy atom. The zero-order valence-electron chi connectivity index (χ0n) is 5.42. The van der Waals surface area contributed by atoms with E-state index in [-0.39, 0.29) is 0 Å². The molecule has 8 heteroatoms. The van der Waals surface area contributed by atoms with Gasteiger partial charge in [-0.3, -0.25) is 0 Å². The van der Waals surface area contributed by atoms with Gasteiger partial charge in [-0.25, -0.2) is 4.79 Å². The van der Waals surface area contributed by atoms with Gasteiger partial charge in [0.05, 0.1) is 5.16 Å². The lowest BCUT2D eigenvalue weighted by Crippen LogP contribution is -1.90. The molecule has 0 rings (SSSR count). The first-order valence-corrected chi connectivity index (χ1v) is 4.12. The van der Waals surface area contributed by atoms with Crippen molar-refractivity contribution in [3.05, 3.63) is 0 Å². The quantitative estimate of drug-likeness (QED) is 0.292. The minimum absolute atomic E-state index is 1.06. The van der Waals surface area contributed by atoms with Gasteiger partial charge in [0, 0.05) is 0 Å². The molecule has 0 aliphatic rings. The third kappa shape index (κ3) is 2.51. The van der Waals surface area contributed by atoms with Crippen molar-refractivity contribution in [3.8, 4) is 11.7 Å². The van der Waals surface area contributed by atoms with Gasteiger partial charge in [0.1, 0.15) is 0 Å². The van der Waals surface area contributed by atoms with Gasteiger partial charge in [-0.15, -0.1) is 9.66 Å². The Balaban J connectivity index is 5.07. The van der Waals surface area contributed by atoms with Crippen molar-refractivity contribution in [2.75, 3.05) is 0 Å². The van der Waals surface area contributed by atoms with Crippen LogP contribution in [0.3, 0.4) is 0 Å². The SMILES string of the molecule is N#COS(C#N)(N=C=O)N=C=S. The lowest BCUT2D eigenvalue weighted by Gasteiger charge is -2.11. The Hall–Kier alpha value is -1.69. The maximum atomic E-state index is 9.80. The molecule has 6 nitrogen and oxygen atoms in total. The number of carbonyl (C=O) groups excluding carboxylic acids is 1. The van der Waals surface area contributed by atoms with Crippen LogP contribution in [0.1, 0.15) is 0 Å². The molecule has 0 aliphatic carbocycles. The van der Waals surface area contributed by atoms with Crippen molar-refractivity contribution in [2.24, 2.45) is 8.80 Å². The molecule has 0 aromatic carbocycles. The summed E-state index contributed by atoms with van der Waals surface area (Å²) in [5, 5.41) is 19.7. The van der Waals surface area contributed by atoms with Crippen LogP contribution in [-0.2, 0) is 8.98 Å². The van der Waals surface area contributed by atoms with E-state index in [4.69, 9.17) is 10.5 Å². The molecule has 0 heterocycles. The van der Waals surface area contributed by atoms with Gasteiger partial charge in [0.15, 0.2) is 5.40 Å². The molecular weight excluding hydrogens is 200 g/mol. The lowest BCUT2D eigenvalue weighted by molar-refractivity contribution is 0.560. The van der Waals surface area contributed by atoms with E-state index in [2.05, 4.69) is 25.2 Å². The van der Waals surface area contributed by atoms with E-state index in [0.29, 0.717) is 0 Å². The Morgan fingerprint density at radius 2 is 2.08 bits per heavy atom. The monoisotopic (exact) mass is 200 g/mol. The Morgan fingerprint density at radius 1 is 1.42 bits per heavy atom. The second-order valence-corrected chi connectivity index (χ2v) is 3.02. The first-order valence-electron chi connectivity index (χ1n) is 2.24. The molecule has 0 aromatic heterocycles. The molecule has 0 saturated carbocycles. The molecule has 0 bridgehead atoms. The van der Waals surface area contributed by atoms with Crippen LogP contribution in [0.25, 0.3) is 0 Å². The smallest absolute Gasteiger partial charge is 0.302 e. The minimum Gasteiger partial charge on any atom is -0.319 e. The maximum Gasteiger partial charge on any atom is 0.302 e. The first kappa shape index (κ1) is 10.3. The molecule has 1 unspecified atom stereocenters. The van der Waals surface area contributed by atoms with Crippen LogP contribution in [0.15, 0.2) is 8.80 Å². The van der Waals surface area contributed by atoms with E-state index in [1.54, 1.807) is 5.16 Å². The molecule has 0 N–H and O–H groups in total. The highest BCUT2D eigenvalue weighted by atomic mass is 32.3. The summed E-state index contributed by atoms with van der Waals surface area (Å²) in [5.74, 6) is 0. The zero-order chi connectivity index (χ0) is 9.45. The highest BCUT2D eigenvalue weighted by molar-refractivity contribution is 8.31. The molecule has 12 heavy (non-hydrogen) atoms. The van der Waals surface area contributed by atoms with E-state index in [1.165, 1.54) is 11.7 Å². The number of nitrogens with zero attached hydrogens (tertiary/aromatic N) is 4. The van der Waals surface area contributed by atoms with E-state index >= 15 is 0 Å². The summed E-state index contributed by atoms with van der Waals surface area (Å²) in [6.45, 7) is 0. The standard InChI is InChI=1S/C4N4O2S2/c5-1-10-12(2-6,7-3-9)8-4-11. The van der Waals surface area contributed by atoms with Crippen molar-refractivity contribution in [3.63, 3.8) is 0 Å². The number of isocyanates is 1. The number of thiocarbonyl (C=S) groups is 1. The average Bonchev–Trinajstić information content (AvgIpc) is 2.06. The van der Waals surface area contributed by atoms with Crippen molar-refractivity contribution in [2.45, 2.75) is 0 Å². The van der Waals surface area contributed by atoms with Gasteiger partial charge >= 0.3 is 6.26 Å². The molecule has 0 saturated heterocycles. The fourth-order valence-electron chi connectivity index (χ4n) is 0.270. The Bertz CT molecular complexity index is 323. The first-order chi connectivity index (χ1) is 5.74. The summed E-state index contributed by atoms with van der Waals surface area (Å²) in [4.78, 5) is 9.80. The zero-order valence-corrected chi connectivity index (χ0v) is 7.05. The fraction of sp³-hybridized carbons (Fsp3) is 0. The molecule has 0 aliphatic heterocycles. The van der Waals surface area contributed by atoms with Gasteiger partial charge in [0.2, 0.25) is 10.7 Å². The number of nitriles is 2. The molecule has 60 valence electrons. The molecule has 1 atom stereocenters. The highest BCUT2D eigenvalue weighted by Gasteiger charge is 2.24. The summed E-state index contributed by atoms with van der Waals surface area (Å²) in [7, 11) is -3.13. The maximum absolute atomic E-state index is 9.80. The predicted molar refractivity (Wildman–Crippen MR) is 43.0 cm³/mol. The highest BCUT2D eigenvalue weighted by Crippen LogP contribution is 2.49. The van der Waals surface area contributed by atoms with Crippen LogP contribution in [0.4, 0.5) is 0 Å². The van der Waals surface area contributed by atoms with Crippen LogP contribution >= 0.6 is 22.9 Å². The van der Waals surface area contributed by atoms with Gasteiger partial charge in [-0.1, -0.05) is 4.40 Å². The van der Waals surface area contributed by atoms with Crippen LogP contribution in [-0.4, -0.2) is 11.2 Å². The molecule has 0 spiro atoms. The van der Waals surface area contributed by atoms with Gasteiger partial charge in [-0.2, -0.15) is 5.26 Å². The topological polar surface area (TPSA) is 98.6 Å². The second kappa shape index (κ2) is 5.03. The van der Waals surface area contributed by atoms with Crippen molar-refractivity contribution < 1.29 is 8.98 Å². The molecule has 0 amide bonds. The second-order valence-electron chi connectivity index (χ2n) is 1.13. The molecule has 0 fully saturated rings. The van der Waals surface area contributed by atoms with E-state index < -0.39 is 10.7 Å². The Kier molecular flexibility index (Phi) is 4.32. The predicted octanol–water partition coefficient (Wildman–Crippen LogP) is 0.953. The van der Waals surface area contributed by atoms with E-state index in [9.17, 15) is 4.79 Å². The molecule has 0 aromatic rings. The number of thiocyanates is 1. The number of isothiocyanates is 1. The number of hydrogen-bond donors (Lipinski definition) is 0. The minimum atomic E-state index is -3.13. The summed E-state index contributed by atoms with van der Waals surface area (Å²) < 4.78 is 10.3.